The van der Waals surface area contributed by atoms with Crippen LogP contribution >= 0.6 is 11.8 Å². The Hall–Kier alpha value is -0.830. The molecule has 1 unspecified atom stereocenters. The van der Waals surface area contributed by atoms with E-state index in [0.717, 1.165) is 22.8 Å². The summed E-state index contributed by atoms with van der Waals surface area (Å²) in [5.41, 5.74) is 2.35. The number of hydrogen-bond donors (Lipinski definition) is 0. The van der Waals surface area contributed by atoms with Gasteiger partial charge in [-0.3, -0.25) is 0 Å². The zero-order valence-electron chi connectivity index (χ0n) is 12.2. The fraction of sp³-hybridized carbons (Fsp3) is 0.600. The molecule has 1 atom stereocenters. The molecular weight excluding hydrogens is 244 g/mol. The van der Waals surface area contributed by atoms with Gasteiger partial charge in [-0.1, -0.05) is 20.8 Å². The highest BCUT2D eigenvalue weighted by Crippen LogP contribution is 2.45. The van der Waals surface area contributed by atoms with Crippen LogP contribution in [0.25, 0.3) is 0 Å². The third-order valence-electron chi connectivity index (χ3n) is 2.92. The second-order valence-corrected chi connectivity index (χ2v) is 6.12. The van der Waals surface area contributed by atoms with Crippen molar-refractivity contribution >= 4 is 11.8 Å². The molecule has 1 rings (SSSR count). The number of benzene rings is 1. The monoisotopic (exact) mass is 268 g/mol. The zero-order chi connectivity index (χ0) is 13.7. The molecule has 0 bridgehead atoms. The van der Waals surface area contributed by atoms with Crippen molar-refractivity contribution in [2.75, 3.05) is 20.0 Å². The fourth-order valence-electron chi connectivity index (χ4n) is 2.14. The van der Waals surface area contributed by atoms with E-state index in [0.29, 0.717) is 11.2 Å². The highest BCUT2D eigenvalue weighted by atomic mass is 32.2. The molecule has 0 N–H and O–H groups in total. The maximum Gasteiger partial charge on any atom is 0.127 e. The first-order valence-electron chi connectivity index (χ1n) is 6.39. The fourth-order valence-corrected chi connectivity index (χ4v) is 3.28. The van der Waals surface area contributed by atoms with Gasteiger partial charge < -0.3 is 9.47 Å². The van der Waals surface area contributed by atoms with Crippen molar-refractivity contribution in [2.45, 2.75) is 32.9 Å². The molecule has 0 radical (unpaired) electrons. The number of methoxy groups -OCH3 is 2. The Morgan fingerprint density at radius 3 is 1.94 bits per heavy atom. The Bertz CT molecular complexity index is 363. The molecule has 0 saturated carbocycles. The van der Waals surface area contributed by atoms with E-state index in [4.69, 9.17) is 9.47 Å². The molecule has 0 aliphatic heterocycles. The largest absolute Gasteiger partial charge is 0.496 e. The number of rotatable bonds is 6. The Balaban J connectivity index is 3.33. The summed E-state index contributed by atoms with van der Waals surface area (Å²) in [4.78, 5) is 0. The van der Waals surface area contributed by atoms with E-state index < -0.39 is 0 Å². The molecular formula is C15H24O2S. The highest BCUT2D eigenvalue weighted by Gasteiger charge is 2.24. The smallest absolute Gasteiger partial charge is 0.127 e. The van der Waals surface area contributed by atoms with Crippen LogP contribution in [0.3, 0.4) is 0 Å². The predicted molar refractivity (Wildman–Crippen MR) is 80.0 cm³/mol. The predicted octanol–water partition coefficient (Wildman–Crippen LogP) is 4.46. The molecule has 0 spiro atoms. The summed E-state index contributed by atoms with van der Waals surface area (Å²) >= 11 is 1.94. The van der Waals surface area contributed by atoms with Crippen LogP contribution in [0.2, 0.25) is 0 Å². The summed E-state index contributed by atoms with van der Waals surface area (Å²) in [6.45, 7) is 8.73. The average Bonchev–Trinajstić information content (AvgIpc) is 2.34. The maximum atomic E-state index is 5.55. The lowest BCUT2D eigenvalue weighted by Crippen LogP contribution is -2.08. The molecule has 0 fully saturated rings. The zero-order valence-corrected chi connectivity index (χ0v) is 13.1. The first-order valence-corrected chi connectivity index (χ1v) is 7.44. The molecule has 102 valence electrons. The molecule has 0 aliphatic carbocycles. The molecule has 0 amide bonds. The number of hydrogen-bond acceptors (Lipinski definition) is 3. The van der Waals surface area contributed by atoms with Gasteiger partial charge in [-0.15, -0.1) is 0 Å². The Kier molecular flexibility index (Phi) is 5.86. The SMILES string of the molecule is CCSC(c1c(OC)cc(C)cc1OC)C(C)C. The molecule has 3 heteroatoms. The van der Waals surface area contributed by atoms with Gasteiger partial charge in [0.05, 0.1) is 14.2 Å². The van der Waals surface area contributed by atoms with Gasteiger partial charge in [0.2, 0.25) is 0 Å². The van der Waals surface area contributed by atoms with E-state index in [9.17, 15) is 0 Å². The minimum atomic E-state index is 0.403. The number of aryl methyl sites for hydroxylation is 1. The van der Waals surface area contributed by atoms with Gasteiger partial charge in [-0.25, -0.2) is 0 Å². The lowest BCUT2D eigenvalue weighted by Gasteiger charge is -2.25. The van der Waals surface area contributed by atoms with Crippen molar-refractivity contribution < 1.29 is 9.47 Å². The molecule has 2 nitrogen and oxygen atoms in total. The minimum Gasteiger partial charge on any atom is -0.496 e. The van der Waals surface area contributed by atoms with Crippen molar-refractivity contribution in [3.63, 3.8) is 0 Å². The van der Waals surface area contributed by atoms with Crippen molar-refractivity contribution in [1.29, 1.82) is 0 Å². The van der Waals surface area contributed by atoms with E-state index in [1.807, 2.05) is 11.8 Å². The lowest BCUT2D eigenvalue weighted by molar-refractivity contribution is 0.379. The van der Waals surface area contributed by atoms with E-state index in [1.54, 1.807) is 14.2 Å². The van der Waals surface area contributed by atoms with Crippen molar-refractivity contribution in [2.24, 2.45) is 5.92 Å². The van der Waals surface area contributed by atoms with Crippen LogP contribution in [-0.2, 0) is 0 Å². The lowest BCUT2D eigenvalue weighted by atomic mass is 9.98. The van der Waals surface area contributed by atoms with E-state index in [-0.39, 0.29) is 0 Å². The van der Waals surface area contributed by atoms with Crippen LogP contribution in [-0.4, -0.2) is 20.0 Å². The molecule has 0 aromatic heterocycles. The minimum absolute atomic E-state index is 0.403. The first-order chi connectivity index (χ1) is 8.54. The Morgan fingerprint density at radius 1 is 1.11 bits per heavy atom. The van der Waals surface area contributed by atoms with Crippen molar-refractivity contribution in [1.82, 2.24) is 0 Å². The summed E-state index contributed by atoms with van der Waals surface area (Å²) in [6, 6.07) is 4.17. The van der Waals surface area contributed by atoms with Gasteiger partial charge in [-0.05, 0) is 36.3 Å². The maximum absolute atomic E-state index is 5.55. The number of thioether (sulfide) groups is 1. The van der Waals surface area contributed by atoms with Crippen LogP contribution in [0.15, 0.2) is 12.1 Å². The van der Waals surface area contributed by atoms with Crippen LogP contribution in [0, 0.1) is 12.8 Å². The standard InChI is InChI=1S/C15H24O2S/c1-7-18-15(10(2)3)14-12(16-5)8-11(4)9-13(14)17-6/h8-10,15H,7H2,1-6H3. The van der Waals surface area contributed by atoms with Crippen LogP contribution in [0.1, 0.15) is 37.1 Å². The molecule has 0 heterocycles. The summed E-state index contributed by atoms with van der Waals surface area (Å²) in [5, 5.41) is 0.403. The Labute approximate surface area is 115 Å². The van der Waals surface area contributed by atoms with Crippen LogP contribution < -0.4 is 9.47 Å². The summed E-state index contributed by atoms with van der Waals surface area (Å²) in [6.07, 6.45) is 0. The van der Waals surface area contributed by atoms with E-state index in [2.05, 4.69) is 39.8 Å². The average molecular weight is 268 g/mol. The third-order valence-corrected chi connectivity index (χ3v) is 4.40. The second-order valence-electron chi connectivity index (χ2n) is 4.70. The van der Waals surface area contributed by atoms with Gasteiger partial charge in [0.25, 0.3) is 0 Å². The normalized spacial score (nSPS) is 12.6. The first kappa shape index (κ1) is 15.2. The molecule has 18 heavy (non-hydrogen) atoms. The topological polar surface area (TPSA) is 18.5 Å². The van der Waals surface area contributed by atoms with Crippen LogP contribution in [0.4, 0.5) is 0 Å². The number of ether oxygens (including phenoxy) is 2. The molecule has 1 aromatic carbocycles. The Morgan fingerprint density at radius 2 is 1.61 bits per heavy atom. The quantitative estimate of drug-likeness (QED) is 0.758. The second kappa shape index (κ2) is 6.93. The van der Waals surface area contributed by atoms with Crippen LogP contribution in [0.5, 0.6) is 11.5 Å². The molecule has 0 aliphatic rings. The summed E-state index contributed by atoms with van der Waals surface area (Å²) in [5.74, 6) is 3.50. The van der Waals surface area contributed by atoms with Crippen molar-refractivity contribution in [3.8, 4) is 11.5 Å². The summed E-state index contributed by atoms with van der Waals surface area (Å²) in [7, 11) is 3.46. The molecule has 0 saturated heterocycles. The van der Waals surface area contributed by atoms with E-state index in [1.165, 1.54) is 5.56 Å². The summed E-state index contributed by atoms with van der Waals surface area (Å²) < 4.78 is 11.1. The van der Waals surface area contributed by atoms with Crippen molar-refractivity contribution in [3.05, 3.63) is 23.3 Å². The van der Waals surface area contributed by atoms with Gasteiger partial charge >= 0.3 is 0 Å². The van der Waals surface area contributed by atoms with Gasteiger partial charge in [0.1, 0.15) is 11.5 Å². The van der Waals surface area contributed by atoms with Gasteiger partial charge in [0, 0.05) is 10.8 Å². The van der Waals surface area contributed by atoms with Gasteiger partial charge in [-0.2, -0.15) is 11.8 Å². The van der Waals surface area contributed by atoms with Gasteiger partial charge in [0.15, 0.2) is 0 Å². The third kappa shape index (κ3) is 3.35. The van der Waals surface area contributed by atoms with E-state index >= 15 is 0 Å². The highest BCUT2D eigenvalue weighted by molar-refractivity contribution is 7.99. The molecule has 1 aromatic rings.